The minimum absolute atomic E-state index is 0.173. The van der Waals surface area contributed by atoms with Crippen molar-refractivity contribution in [2.45, 2.75) is 26.4 Å². The molecule has 5 heteroatoms. The van der Waals surface area contributed by atoms with Crippen LogP contribution in [0.1, 0.15) is 24.6 Å². The normalized spacial score (nSPS) is 11.7. The highest BCUT2D eigenvalue weighted by atomic mass is 32.2. The van der Waals surface area contributed by atoms with E-state index in [4.69, 9.17) is 0 Å². The number of rotatable bonds is 7. The highest BCUT2D eigenvalue weighted by Gasteiger charge is 2.09. The Balaban J connectivity index is 2.02. The molecule has 0 aliphatic carbocycles. The number of nitrogens with one attached hydrogen (secondary N) is 1. The molecule has 0 unspecified atom stereocenters. The standard InChI is InChI=1S/C15H20N2O2S/c1-2-11-20(18,19)16-12-15-9-6-10-17(15)13-14-7-4-3-5-8-14/h3-10,16H,2,11-13H2,1H3. The molecular formula is C15H20N2O2S. The molecule has 2 aromatic rings. The Morgan fingerprint density at radius 1 is 1.10 bits per heavy atom. The number of benzene rings is 1. The molecule has 4 nitrogen and oxygen atoms in total. The van der Waals surface area contributed by atoms with E-state index >= 15 is 0 Å². The van der Waals surface area contributed by atoms with Gasteiger partial charge in [-0.05, 0) is 24.1 Å². The fraction of sp³-hybridized carbons (Fsp3) is 0.333. The summed E-state index contributed by atoms with van der Waals surface area (Å²) < 4.78 is 28.0. The lowest BCUT2D eigenvalue weighted by atomic mass is 10.2. The van der Waals surface area contributed by atoms with Crippen LogP contribution in [-0.4, -0.2) is 18.7 Å². The second kappa shape index (κ2) is 6.72. The summed E-state index contributed by atoms with van der Waals surface area (Å²) in [5, 5.41) is 0. The molecule has 108 valence electrons. The lowest BCUT2D eigenvalue weighted by molar-refractivity contribution is 0.576. The first-order valence-electron chi connectivity index (χ1n) is 6.76. The van der Waals surface area contributed by atoms with Crippen LogP contribution in [0.4, 0.5) is 0 Å². The molecule has 0 aliphatic heterocycles. The molecule has 0 fully saturated rings. The number of aromatic nitrogens is 1. The van der Waals surface area contributed by atoms with E-state index in [-0.39, 0.29) is 5.75 Å². The SMILES string of the molecule is CCCS(=O)(=O)NCc1cccn1Cc1ccccc1. The van der Waals surface area contributed by atoms with Crippen molar-refractivity contribution >= 4 is 10.0 Å². The van der Waals surface area contributed by atoms with E-state index in [9.17, 15) is 8.42 Å². The quantitative estimate of drug-likeness (QED) is 0.851. The summed E-state index contributed by atoms with van der Waals surface area (Å²) in [6, 6.07) is 14.0. The van der Waals surface area contributed by atoms with Crippen LogP contribution >= 0.6 is 0 Å². The van der Waals surface area contributed by atoms with E-state index < -0.39 is 10.0 Å². The van der Waals surface area contributed by atoms with E-state index in [2.05, 4.69) is 21.4 Å². The van der Waals surface area contributed by atoms with E-state index in [1.165, 1.54) is 5.56 Å². The largest absolute Gasteiger partial charge is 0.346 e. The van der Waals surface area contributed by atoms with Gasteiger partial charge in [0.25, 0.3) is 0 Å². The van der Waals surface area contributed by atoms with Crippen molar-refractivity contribution in [3.63, 3.8) is 0 Å². The van der Waals surface area contributed by atoms with Crippen LogP contribution in [0.15, 0.2) is 48.7 Å². The van der Waals surface area contributed by atoms with E-state index in [1.807, 2.05) is 43.5 Å². The molecule has 0 radical (unpaired) electrons. The van der Waals surface area contributed by atoms with Gasteiger partial charge in [0, 0.05) is 18.4 Å². The molecule has 2 rings (SSSR count). The maximum absolute atomic E-state index is 11.7. The molecule has 0 amide bonds. The van der Waals surface area contributed by atoms with Crippen LogP contribution in [0.3, 0.4) is 0 Å². The molecule has 0 saturated heterocycles. The number of nitrogens with zero attached hydrogens (tertiary/aromatic N) is 1. The Hall–Kier alpha value is -1.59. The summed E-state index contributed by atoms with van der Waals surface area (Å²) in [5.74, 6) is 0.173. The van der Waals surface area contributed by atoms with Crippen LogP contribution < -0.4 is 4.72 Å². The average molecular weight is 292 g/mol. The van der Waals surface area contributed by atoms with Gasteiger partial charge in [-0.15, -0.1) is 0 Å². The summed E-state index contributed by atoms with van der Waals surface area (Å²) in [5.41, 5.74) is 2.16. The summed E-state index contributed by atoms with van der Waals surface area (Å²) in [7, 11) is -3.16. The van der Waals surface area contributed by atoms with Crippen LogP contribution in [0.5, 0.6) is 0 Å². The van der Waals surface area contributed by atoms with Gasteiger partial charge in [-0.1, -0.05) is 37.3 Å². The van der Waals surface area contributed by atoms with E-state index in [1.54, 1.807) is 0 Å². The number of hydrogen-bond donors (Lipinski definition) is 1. The Morgan fingerprint density at radius 3 is 2.55 bits per heavy atom. The van der Waals surface area contributed by atoms with Crippen LogP contribution in [0.2, 0.25) is 0 Å². The summed E-state index contributed by atoms with van der Waals surface area (Å²) >= 11 is 0. The van der Waals surface area contributed by atoms with E-state index in [0.717, 1.165) is 12.2 Å². The molecule has 0 saturated carbocycles. The number of sulfonamides is 1. The van der Waals surface area contributed by atoms with Gasteiger partial charge in [0.05, 0.1) is 12.3 Å². The molecule has 1 aromatic heterocycles. The van der Waals surface area contributed by atoms with Crippen molar-refractivity contribution in [3.05, 3.63) is 59.9 Å². The number of hydrogen-bond acceptors (Lipinski definition) is 2. The summed E-state index contributed by atoms with van der Waals surface area (Å²) in [4.78, 5) is 0. The van der Waals surface area contributed by atoms with Gasteiger partial charge in [0.15, 0.2) is 0 Å². The van der Waals surface area contributed by atoms with Gasteiger partial charge in [0.2, 0.25) is 10.0 Å². The maximum atomic E-state index is 11.7. The van der Waals surface area contributed by atoms with Gasteiger partial charge >= 0.3 is 0 Å². The van der Waals surface area contributed by atoms with Crippen molar-refractivity contribution in [2.75, 3.05) is 5.75 Å². The third kappa shape index (κ3) is 4.21. The summed E-state index contributed by atoms with van der Waals surface area (Å²) in [6.07, 6.45) is 2.59. The minimum atomic E-state index is -3.16. The van der Waals surface area contributed by atoms with Crippen LogP contribution in [0.25, 0.3) is 0 Å². The molecule has 20 heavy (non-hydrogen) atoms. The molecule has 0 bridgehead atoms. The molecular weight excluding hydrogens is 272 g/mol. The second-order valence-corrected chi connectivity index (χ2v) is 6.68. The Kier molecular flexibility index (Phi) is 4.98. The Labute approximate surface area is 120 Å². The van der Waals surface area contributed by atoms with Crippen LogP contribution in [-0.2, 0) is 23.1 Å². The highest BCUT2D eigenvalue weighted by molar-refractivity contribution is 7.89. The molecule has 1 heterocycles. The Bertz CT molecular complexity index is 633. The van der Waals surface area contributed by atoms with Crippen molar-refractivity contribution in [1.29, 1.82) is 0 Å². The minimum Gasteiger partial charge on any atom is -0.346 e. The fourth-order valence-electron chi connectivity index (χ4n) is 2.07. The maximum Gasteiger partial charge on any atom is 0.211 e. The molecule has 0 atom stereocenters. The van der Waals surface area contributed by atoms with Crippen LogP contribution in [0, 0.1) is 0 Å². The lowest BCUT2D eigenvalue weighted by Gasteiger charge is -2.10. The third-order valence-corrected chi connectivity index (χ3v) is 4.60. The molecule has 1 aromatic carbocycles. The second-order valence-electron chi connectivity index (χ2n) is 4.75. The zero-order valence-electron chi connectivity index (χ0n) is 11.6. The zero-order chi connectivity index (χ0) is 14.4. The average Bonchev–Trinajstić information content (AvgIpc) is 2.85. The van der Waals surface area contributed by atoms with E-state index in [0.29, 0.717) is 13.0 Å². The van der Waals surface area contributed by atoms with Crippen molar-refractivity contribution in [1.82, 2.24) is 9.29 Å². The van der Waals surface area contributed by atoms with Gasteiger partial charge in [0.1, 0.15) is 0 Å². The topological polar surface area (TPSA) is 51.1 Å². The van der Waals surface area contributed by atoms with Crippen molar-refractivity contribution in [3.8, 4) is 0 Å². The van der Waals surface area contributed by atoms with Gasteiger partial charge in [-0.3, -0.25) is 0 Å². The van der Waals surface area contributed by atoms with Crippen molar-refractivity contribution in [2.24, 2.45) is 0 Å². The first kappa shape index (κ1) is 14.8. The fourth-order valence-corrected chi connectivity index (χ4v) is 3.12. The first-order valence-corrected chi connectivity index (χ1v) is 8.41. The predicted molar refractivity (Wildman–Crippen MR) is 80.9 cm³/mol. The lowest BCUT2D eigenvalue weighted by Crippen LogP contribution is -2.26. The van der Waals surface area contributed by atoms with Gasteiger partial charge < -0.3 is 4.57 Å². The van der Waals surface area contributed by atoms with Gasteiger partial charge in [-0.2, -0.15) is 0 Å². The van der Waals surface area contributed by atoms with Gasteiger partial charge in [-0.25, -0.2) is 13.1 Å². The van der Waals surface area contributed by atoms with Crippen molar-refractivity contribution < 1.29 is 8.42 Å². The Morgan fingerprint density at radius 2 is 1.85 bits per heavy atom. The first-order chi connectivity index (χ1) is 9.61. The third-order valence-electron chi connectivity index (χ3n) is 3.07. The monoisotopic (exact) mass is 292 g/mol. The molecule has 0 aliphatic rings. The summed E-state index contributed by atoms with van der Waals surface area (Å²) in [6.45, 7) is 2.94. The molecule has 1 N–H and O–H groups in total. The smallest absolute Gasteiger partial charge is 0.211 e. The zero-order valence-corrected chi connectivity index (χ0v) is 12.4. The molecule has 0 spiro atoms. The highest BCUT2D eigenvalue weighted by Crippen LogP contribution is 2.08. The predicted octanol–water partition coefficient (Wildman–Crippen LogP) is 2.37.